The molecular formula is C14H18N4O2. The van der Waals surface area contributed by atoms with Crippen molar-refractivity contribution in [1.82, 2.24) is 4.90 Å². The Hall–Kier alpha value is -2.37. The highest BCUT2D eigenvalue weighted by atomic mass is 16.2. The van der Waals surface area contributed by atoms with Crippen LogP contribution in [0.2, 0.25) is 0 Å². The van der Waals surface area contributed by atoms with Crippen molar-refractivity contribution in [3.63, 3.8) is 0 Å². The number of guanidine groups is 1. The van der Waals surface area contributed by atoms with Gasteiger partial charge in [0.1, 0.15) is 0 Å². The quantitative estimate of drug-likeness (QED) is 0.362. The van der Waals surface area contributed by atoms with Crippen LogP contribution in [-0.4, -0.2) is 35.8 Å². The number of benzene rings is 1. The van der Waals surface area contributed by atoms with Gasteiger partial charge in [-0.1, -0.05) is 18.2 Å². The molecule has 0 spiro atoms. The minimum Gasteiger partial charge on any atom is -0.370 e. The number of amides is 2. The van der Waals surface area contributed by atoms with E-state index in [1.54, 1.807) is 0 Å². The lowest BCUT2D eigenvalue weighted by Crippen LogP contribution is -2.30. The maximum atomic E-state index is 11.4. The molecule has 1 aromatic rings. The van der Waals surface area contributed by atoms with E-state index < -0.39 is 0 Å². The molecule has 0 radical (unpaired) electrons. The second kappa shape index (κ2) is 6.70. The molecule has 2 amide bonds. The summed E-state index contributed by atoms with van der Waals surface area (Å²) >= 11 is 0. The Labute approximate surface area is 117 Å². The molecule has 1 saturated heterocycles. The first-order valence-corrected chi connectivity index (χ1v) is 6.62. The van der Waals surface area contributed by atoms with Crippen LogP contribution in [0.15, 0.2) is 35.3 Å². The number of carbonyl (C=O) groups excluding carboxylic acids is 2. The summed E-state index contributed by atoms with van der Waals surface area (Å²) in [5, 5.41) is 2.97. The van der Waals surface area contributed by atoms with E-state index >= 15 is 0 Å². The summed E-state index contributed by atoms with van der Waals surface area (Å²) in [6, 6.07) is 9.51. The number of anilines is 1. The minimum atomic E-state index is -0.0886. The van der Waals surface area contributed by atoms with Crippen LogP contribution in [0.1, 0.15) is 19.3 Å². The Bertz CT molecular complexity index is 497. The summed E-state index contributed by atoms with van der Waals surface area (Å²) in [6.07, 6.45) is 1.29. The molecule has 6 nitrogen and oxygen atoms in total. The third kappa shape index (κ3) is 3.81. The molecule has 0 atom stereocenters. The van der Waals surface area contributed by atoms with E-state index in [9.17, 15) is 9.59 Å². The smallest absolute Gasteiger partial charge is 0.229 e. The predicted octanol–water partition coefficient (Wildman–Crippen LogP) is 0.952. The molecule has 0 aromatic heterocycles. The summed E-state index contributed by atoms with van der Waals surface area (Å²) in [5.41, 5.74) is 6.62. The van der Waals surface area contributed by atoms with Crippen molar-refractivity contribution in [2.75, 3.05) is 18.4 Å². The Balaban J connectivity index is 1.73. The molecule has 6 heteroatoms. The number of likely N-dealkylation sites (tertiary alicyclic amines) is 1. The molecule has 1 aliphatic heterocycles. The van der Waals surface area contributed by atoms with Crippen molar-refractivity contribution >= 4 is 23.5 Å². The number of aliphatic imine (C=N–C) groups is 1. The number of hydrogen-bond donors (Lipinski definition) is 2. The van der Waals surface area contributed by atoms with Gasteiger partial charge in [-0.2, -0.15) is 0 Å². The van der Waals surface area contributed by atoms with E-state index in [1.807, 2.05) is 30.3 Å². The molecule has 0 unspecified atom stereocenters. The molecule has 2 rings (SSSR count). The van der Waals surface area contributed by atoms with Gasteiger partial charge in [0.25, 0.3) is 0 Å². The van der Waals surface area contributed by atoms with Gasteiger partial charge in [0.15, 0.2) is 5.96 Å². The van der Waals surface area contributed by atoms with E-state index in [1.165, 1.54) is 4.90 Å². The Morgan fingerprint density at radius 3 is 2.50 bits per heavy atom. The normalized spacial score (nSPS) is 15.8. The van der Waals surface area contributed by atoms with Crippen LogP contribution in [-0.2, 0) is 9.59 Å². The van der Waals surface area contributed by atoms with E-state index in [0.717, 1.165) is 5.69 Å². The van der Waals surface area contributed by atoms with Crippen LogP contribution in [0.3, 0.4) is 0 Å². The number of hydrogen-bond acceptors (Lipinski definition) is 3. The Kier molecular flexibility index (Phi) is 4.70. The van der Waals surface area contributed by atoms with Gasteiger partial charge in [-0.25, -0.2) is 0 Å². The molecule has 0 bridgehead atoms. The van der Waals surface area contributed by atoms with Crippen LogP contribution in [0.5, 0.6) is 0 Å². The summed E-state index contributed by atoms with van der Waals surface area (Å²) in [6.45, 7) is 0.891. The lowest BCUT2D eigenvalue weighted by Gasteiger charge is -2.12. The fraction of sp³-hybridized carbons (Fsp3) is 0.357. The number of nitrogens with one attached hydrogen (secondary N) is 1. The van der Waals surface area contributed by atoms with Gasteiger partial charge in [0, 0.05) is 31.6 Å². The molecule has 1 aliphatic rings. The van der Waals surface area contributed by atoms with Crippen LogP contribution < -0.4 is 11.1 Å². The second-order valence-electron chi connectivity index (χ2n) is 4.55. The first-order valence-electron chi connectivity index (χ1n) is 6.62. The van der Waals surface area contributed by atoms with Gasteiger partial charge in [-0.05, 0) is 18.6 Å². The van der Waals surface area contributed by atoms with Gasteiger partial charge < -0.3 is 11.1 Å². The van der Waals surface area contributed by atoms with Crippen molar-refractivity contribution in [3.05, 3.63) is 30.3 Å². The van der Waals surface area contributed by atoms with Crippen LogP contribution in [0.4, 0.5) is 5.69 Å². The number of carbonyl (C=O) groups is 2. The lowest BCUT2D eigenvalue weighted by atomic mass is 10.3. The topological polar surface area (TPSA) is 87.8 Å². The highest BCUT2D eigenvalue weighted by Crippen LogP contribution is 2.11. The first-order chi connectivity index (χ1) is 9.66. The Morgan fingerprint density at radius 2 is 1.85 bits per heavy atom. The van der Waals surface area contributed by atoms with Crippen molar-refractivity contribution in [3.8, 4) is 0 Å². The molecule has 3 N–H and O–H groups in total. The lowest BCUT2D eigenvalue weighted by molar-refractivity contribution is -0.138. The zero-order chi connectivity index (χ0) is 14.4. The van der Waals surface area contributed by atoms with E-state index in [4.69, 9.17) is 5.73 Å². The van der Waals surface area contributed by atoms with Gasteiger partial charge in [0.05, 0.1) is 0 Å². The fourth-order valence-corrected chi connectivity index (χ4v) is 2.01. The third-order valence-electron chi connectivity index (χ3n) is 3.02. The standard InChI is InChI=1S/C14H18N4O2/c15-14(17-11-5-2-1-3-6-11)16-9-4-10-18-12(19)7-8-13(18)20/h1-3,5-6H,4,7-10H2,(H3,15,16,17). The average Bonchev–Trinajstić information content (AvgIpc) is 2.76. The number of imide groups is 1. The maximum Gasteiger partial charge on any atom is 0.229 e. The molecule has 1 heterocycles. The van der Waals surface area contributed by atoms with Gasteiger partial charge in [-0.3, -0.25) is 19.5 Å². The van der Waals surface area contributed by atoms with E-state index in [-0.39, 0.29) is 11.8 Å². The van der Waals surface area contributed by atoms with Crippen LogP contribution >= 0.6 is 0 Å². The van der Waals surface area contributed by atoms with Gasteiger partial charge in [-0.15, -0.1) is 0 Å². The molecule has 0 saturated carbocycles. The zero-order valence-corrected chi connectivity index (χ0v) is 11.2. The Morgan fingerprint density at radius 1 is 1.20 bits per heavy atom. The number of rotatable bonds is 5. The highest BCUT2D eigenvalue weighted by Gasteiger charge is 2.27. The van der Waals surface area contributed by atoms with E-state index in [2.05, 4.69) is 10.3 Å². The first kappa shape index (κ1) is 14.0. The summed E-state index contributed by atoms with van der Waals surface area (Å²) in [4.78, 5) is 28.2. The summed E-state index contributed by atoms with van der Waals surface area (Å²) in [7, 11) is 0. The molecule has 1 fully saturated rings. The summed E-state index contributed by atoms with van der Waals surface area (Å²) in [5.74, 6) is 0.152. The average molecular weight is 274 g/mol. The largest absolute Gasteiger partial charge is 0.370 e. The molecule has 106 valence electrons. The van der Waals surface area contributed by atoms with Crippen molar-refractivity contribution in [2.45, 2.75) is 19.3 Å². The molecule has 20 heavy (non-hydrogen) atoms. The fourth-order valence-electron chi connectivity index (χ4n) is 2.01. The monoisotopic (exact) mass is 274 g/mol. The van der Waals surface area contributed by atoms with Gasteiger partial charge >= 0.3 is 0 Å². The zero-order valence-electron chi connectivity index (χ0n) is 11.2. The molecule has 0 aliphatic carbocycles. The number of nitrogens with zero attached hydrogens (tertiary/aromatic N) is 2. The van der Waals surface area contributed by atoms with Gasteiger partial charge in [0.2, 0.25) is 11.8 Å². The highest BCUT2D eigenvalue weighted by molar-refractivity contribution is 6.01. The minimum absolute atomic E-state index is 0.0886. The van der Waals surface area contributed by atoms with Crippen molar-refractivity contribution < 1.29 is 9.59 Å². The number of para-hydroxylation sites is 1. The van der Waals surface area contributed by atoms with Crippen LogP contribution in [0, 0.1) is 0 Å². The maximum absolute atomic E-state index is 11.4. The summed E-state index contributed by atoms with van der Waals surface area (Å²) < 4.78 is 0. The predicted molar refractivity (Wildman–Crippen MR) is 77.1 cm³/mol. The second-order valence-corrected chi connectivity index (χ2v) is 4.55. The molecular weight excluding hydrogens is 256 g/mol. The van der Waals surface area contributed by atoms with Crippen molar-refractivity contribution in [2.24, 2.45) is 10.7 Å². The SMILES string of the molecule is NC(=NCCCN1C(=O)CCC1=O)Nc1ccccc1. The third-order valence-corrected chi connectivity index (χ3v) is 3.02. The van der Waals surface area contributed by atoms with Crippen LogP contribution in [0.25, 0.3) is 0 Å². The molecule has 1 aromatic carbocycles. The number of nitrogens with two attached hydrogens (primary N) is 1. The van der Waals surface area contributed by atoms with Crippen molar-refractivity contribution in [1.29, 1.82) is 0 Å². The van der Waals surface area contributed by atoms with E-state index in [0.29, 0.717) is 38.3 Å².